The first kappa shape index (κ1) is 9.92. The molecule has 0 bridgehead atoms. The Balaban J connectivity index is 1.66. The molecule has 2 nitrogen and oxygen atoms in total. The van der Waals surface area contributed by atoms with Gasteiger partial charge in [0.05, 0.1) is 0 Å². The molecule has 4 rings (SSSR count). The molecule has 0 saturated carbocycles. The van der Waals surface area contributed by atoms with Crippen LogP contribution in [0.1, 0.15) is 0 Å². The van der Waals surface area contributed by atoms with Crippen LogP contribution < -0.4 is 10.2 Å². The van der Waals surface area contributed by atoms with Gasteiger partial charge in [-0.05, 0) is 40.8 Å². The average molecular weight is 244 g/mol. The van der Waals surface area contributed by atoms with Gasteiger partial charge in [-0.2, -0.15) is 0 Å². The smallest absolute Gasteiger partial charge is 0.0381 e. The van der Waals surface area contributed by atoms with Gasteiger partial charge in [-0.15, -0.1) is 11.3 Å². The second-order valence-corrected chi connectivity index (χ2v) is 6.17. The Labute approximate surface area is 105 Å². The highest BCUT2D eigenvalue weighted by Crippen LogP contribution is 2.33. The molecule has 88 valence electrons. The van der Waals surface area contributed by atoms with E-state index in [1.165, 1.54) is 42.0 Å². The zero-order valence-electron chi connectivity index (χ0n) is 9.73. The molecular formula is C14H16N2S. The van der Waals surface area contributed by atoms with Crippen LogP contribution in [0.4, 0.5) is 5.69 Å². The van der Waals surface area contributed by atoms with Crippen molar-refractivity contribution >= 4 is 27.1 Å². The summed E-state index contributed by atoms with van der Waals surface area (Å²) in [7, 11) is 0. The van der Waals surface area contributed by atoms with E-state index in [0.717, 1.165) is 11.8 Å². The molecule has 0 aliphatic carbocycles. The maximum atomic E-state index is 3.50. The Bertz CT molecular complexity index is 536. The third-order valence-electron chi connectivity index (χ3n) is 4.19. The second-order valence-electron chi connectivity index (χ2n) is 5.23. The highest BCUT2D eigenvalue weighted by Gasteiger charge is 2.36. The first-order valence-corrected chi connectivity index (χ1v) is 7.21. The van der Waals surface area contributed by atoms with E-state index in [1.807, 2.05) is 11.3 Å². The van der Waals surface area contributed by atoms with E-state index >= 15 is 0 Å². The van der Waals surface area contributed by atoms with Crippen molar-refractivity contribution < 1.29 is 0 Å². The molecule has 0 amide bonds. The standard InChI is InChI=1S/C14H16N2S/c1-2-13(5-14-10(1)3-4-17-14)16-8-11-6-15-7-12(11)9-16/h1-5,11-12,15H,6-9H2. The number of hydrogen-bond acceptors (Lipinski definition) is 3. The molecule has 2 unspecified atom stereocenters. The van der Waals surface area contributed by atoms with Gasteiger partial charge in [0.1, 0.15) is 0 Å². The molecule has 0 radical (unpaired) electrons. The molecule has 1 aromatic heterocycles. The van der Waals surface area contributed by atoms with E-state index in [-0.39, 0.29) is 0 Å². The topological polar surface area (TPSA) is 15.3 Å². The van der Waals surface area contributed by atoms with Crippen molar-refractivity contribution in [3.05, 3.63) is 29.6 Å². The summed E-state index contributed by atoms with van der Waals surface area (Å²) in [5.41, 5.74) is 1.41. The van der Waals surface area contributed by atoms with E-state index < -0.39 is 0 Å². The molecule has 2 aliphatic heterocycles. The van der Waals surface area contributed by atoms with Gasteiger partial charge in [0.2, 0.25) is 0 Å². The van der Waals surface area contributed by atoms with Crippen molar-refractivity contribution in [1.82, 2.24) is 5.32 Å². The fourth-order valence-corrected chi connectivity index (χ4v) is 4.03. The summed E-state index contributed by atoms with van der Waals surface area (Å²) < 4.78 is 1.41. The van der Waals surface area contributed by atoms with Crippen LogP contribution in [0, 0.1) is 11.8 Å². The van der Waals surface area contributed by atoms with Crippen LogP contribution >= 0.6 is 11.3 Å². The van der Waals surface area contributed by atoms with Crippen LogP contribution in [0.2, 0.25) is 0 Å². The molecule has 1 aromatic carbocycles. The summed E-state index contributed by atoms with van der Waals surface area (Å²) in [6, 6.07) is 9.10. The van der Waals surface area contributed by atoms with Gasteiger partial charge in [-0.3, -0.25) is 0 Å². The van der Waals surface area contributed by atoms with Crippen molar-refractivity contribution in [2.24, 2.45) is 11.8 Å². The number of benzene rings is 1. The van der Waals surface area contributed by atoms with Crippen molar-refractivity contribution in [3.63, 3.8) is 0 Å². The number of thiophene rings is 1. The van der Waals surface area contributed by atoms with Gasteiger partial charge in [0, 0.05) is 36.6 Å². The van der Waals surface area contributed by atoms with Crippen LogP contribution in [-0.4, -0.2) is 26.2 Å². The van der Waals surface area contributed by atoms with E-state index in [1.54, 1.807) is 0 Å². The van der Waals surface area contributed by atoms with Crippen LogP contribution in [0.15, 0.2) is 29.6 Å². The van der Waals surface area contributed by atoms with Gasteiger partial charge < -0.3 is 10.2 Å². The monoisotopic (exact) mass is 244 g/mol. The Morgan fingerprint density at radius 3 is 2.76 bits per heavy atom. The predicted octanol–water partition coefficient (Wildman–Crippen LogP) is 2.56. The number of rotatable bonds is 1. The Morgan fingerprint density at radius 1 is 1.12 bits per heavy atom. The fraction of sp³-hybridized carbons (Fsp3) is 0.429. The average Bonchev–Trinajstić information content (AvgIpc) is 3.02. The fourth-order valence-electron chi connectivity index (χ4n) is 3.21. The quantitative estimate of drug-likeness (QED) is 0.829. The summed E-state index contributed by atoms with van der Waals surface area (Å²) in [5.74, 6) is 1.74. The third kappa shape index (κ3) is 1.57. The lowest BCUT2D eigenvalue weighted by Gasteiger charge is -2.19. The molecule has 2 aliphatic rings. The van der Waals surface area contributed by atoms with E-state index in [9.17, 15) is 0 Å². The van der Waals surface area contributed by atoms with Crippen LogP contribution in [0.25, 0.3) is 10.1 Å². The van der Waals surface area contributed by atoms with Crippen LogP contribution in [0.3, 0.4) is 0 Å². The molecule has 2 saturated heterocycles. The number of hydrogen-bond donors (Lipinski definition) is 1. The first-order chi connectivity index (χ1) is 8.40. The maximum absolute atomic E-state index is 3.50. The number of nitrogens with zero attached hydrogens (tertiary/aromatic N) is 1. The third-order valence-corrected chi connectivity index (χ3v) is 5.07. The van der Waals surface area contributed by atoms with Crippen LogP contribution in [-0.2, 0) is 0 Å². The van der Waals surface area contributed by atoms with Gasteiger partial charge in [0.15, 0.2) is 0 Å². The lowest BCUT2D eigenvalue weighted by Crippen LogP contribution is -2.25. The molecule has 17 heavy (non-hydrogen) atoms. The normalized spacial score (nSPS) is 27.9. The maximum Gasteiger partial charge on any atom is 0.0381 e. The predicted molar refractivity (Wildman–Crippen MR) is 73.9 cm³/mol. The minimum atomic E-state index is 0.869. The van der Waals surface area contributed by atoms with E-state index in [4.69, 9.17) is 0 Å². The minimum absolute atomic E-state index is 0.869. The zero-order valence-corrected chi connectivity index (χ0v) is 10.5. The van der Waals surface area contributed by atoms with Gasteiger partial charge in [0.25, 0.3) is 0 Å². The molecule has 2 aromatic rings. The summed E-state index contributed by atoms with van der Waals surface area (Å²) in [6.07, 6.45) is 0. The Morgan fingerprint density at radius 2 is 1.94 bits per heavy atom. The largest absolute Gasteiger partial charge is 0.371 e. The highest BCUT2D eigenvalue weighted by molar-refractivity contribution is 7.17. The zero-order chi connectivity index (χ0) is 11.2. The number of nitrogens with one attached hydrogen (secondary N) is 1. The molecule has 1 N–H and O–H groups in total. The lowest BCUT2D eigenvalue weighted by molar-refractivity contribution is 0.533. The molecular weight excluding hydrogens is 228 g/mol. The van der Waals surface area contributed by atoms with Gasteiger partial charge >= 0.3 is 0 Å². The van der Waals surface area contributed by atoms with Crippen molar-refractivity contribution in [2.45, 2.75) is 0 Å². The highest BCUT2D eigenvalue weighted by atomic mass is 32.1. The van der Waals surface area contributed by atoms with Gasteiger partial charge in [-0.25, -0.2) is 0 Å². The van der Waals surface area contributed by atoms with Crippen LogP contribution in [0.5, 0.6) is 0 Å². The minimum Gasteiger partial charge on any atom is -0.371 e. The SMILES string of the molecule is c1cc2ccc(N3CC4CNCC4C3)cc2s1. The van der Waals surface area contributed by atoms with Crippen molar-refractivity contribution in [2.75, 3.05) is 31.1 Å². The molecule has 0 spiro atoms. The first-order valence-electron chi connectivity index (χ1n) is 6.33. The lowest BCUT2D eigenvalue weighted by atomic mass is 10.0. The van der Waals surface area contributed by atoms with Crippen molar-refractivity contribution in [1.29, 1.82) is 0 Å². The summed E-state index contributed by atoms with van der Waals surface area (Å²) >= 11 is 1.84. The molecule has 2 atom stereocenters. The van der Waals surface area contributed by atoms with Gasteiger partial charge in [-0.1, -0.05) is 6.07 Å². The summed E-state index contributed by atoms with van der Waals surface area (Å²) in [6.45, 7) is 4.88. The summed E-state index contributed by atoms with van der Waals surface area (Å²) in [5, 5.41) is 7.05. The summed E-state index contributed by atoms with van der Waals surface area (Å²) in [4.78, 5) is 2.56. The Kier molecular flexibility index (Phi) is 2.17. The Hall–Kier alpha value is -1.06. The van der Waals surface area contributed by atoms with Crippen molar-refractivity contribution in [3.8, 4) is 0 Å². The number of anilines is 1. The molecule has 3 heteroatoms. The second kappa shape index (κ2) is 3.72. The number of fused-ring (bicyclic) bond motifs is 2. The molecule has 2 fully saturated rings. The van der Waals surface area contributed by atoms with E-state index in [0.29, 0.717) is 0 Å². The molecule has 3 heterocycles. The van der Waals surface area contributed by atoms with E-state index in [2.05, 4.69) is 39.9 Å².